The molecule has 0 fully saturated rings. The fraction of sp³-hybridized carbons (Fsp3) is 0.0455. The molecule has 3 rings (SSSR count). The molecule has 0 unspecified atom stereocenters. The normalized spacial score (nSPS) is 11.2. The van der Waals surface area contributed by atoms with Crippen molar-refractivity contribution in [3.05, 3.63) is 94.0 Å². The van der Waals surface area contributed by atoms with Gasteiger partial charge in [-0.2, -0.15) is 5.26 Å². The van der Waals surface area contributed by atoms with Crippen LogP contribution in [0.1, 0.15) is 16.7 Å². The van der Waals surface area contributed by atoms with Crippen molar-refractivity contribution < 1.29 is 4.74 Å². The lowest BCUT2D eigenvalue weighted by Gasteiger charge is -2.12. The molecule has 0 aliphatic carbocycles. The molecule has 0 saturated heterocycles. The summed E-state index contributed by atoms with van der Waals surface area (Å²) in [5, 5.41) is 10.3. The van der Waals surface area contributed by atoms with Gasteiger partial charge in [-0.1, -0.05) is 57.9 Å². The van der Waals surface area contributed by atoms with Crippen LogP contribution in [0.25, 0.3) is 11.6 Å². The van der Waals surface area contributed by atoms with Gasteiger partial charge in [-0.3, -0.25) is 0 Å². The minimum Gasteiger partial charge on any atom is -0.487 e. The van der Waals surface area contributed by atoms with Crippen LogP contribution < -0.4 is 4.74 Å². The first-order valence-corrected chi connectivity index (χ1v) is 11.5. The summed E-state index contributed by atoms with van der Waals surface area (Å²) < 4.78 is 8.98. The standard InChI is InChI=1S/C22H13BrClI2NO/c23-18-7-5-15(6-8-18)17(12-27)9-14-10-20(25)22(21(26)11-14)28-13-16-3-1-2-4-19(16)24/h1-11H,13H2/b17-9-. The molecule has 0 aromatic heterocycles. The highest BCUT2D eigenvalue weighted by Gasteiger charge is 2.11. The van der Waals surface area contributed by atoms with Crippen molar-refractivity contribution in [2.75, 3.05) is 0 Å². The van der Waals surface area contributed by atoms with E-state index in [1.807, 2.05) is 66.7 Å². The molecular formula is C22H13BrClI2NO. The minimum atomic E-state index is 0.406. The van der Waals surface area contributed by atoms with E-state index in [0.29, 0.717) is 17.2 Å². The Labute approximate surface area is 205 Å². The number of halogens is 4. The van der Waals surface area contributed by atoms with E-state index in [2.05, 4.69) is 67.2 Å². The van der Waals surface area contributed by atoms with E-state index in [4.69, 9.17) is 16.3 Å². The number of rotatable bonds is 5. The van der Waals surface area contributed by atoms with E-state index < -0.39 is 0 Å². The number of nitriles is 1. The number of hydrogen-bond acceptors (Lipinski definition) is 2. The zero-order chi connectivity index (χ0) is 20.1. The molecule has 0 saturated carbocycles. The molecule has 0 heterocycles. The molecule has 0 spiro atoms. The second kappa shape index (κ2) is 10.1. The number of allylic oxidation sites excluding steroid dienone is 1. The van der Waals surface area contributed by atoms with Gasteiger partial charge in [0.1, 0.15) is 12.4 Å². The molecule has 0 amide bonds. The topological polar surface area (TPSA) is 33.0 Å². The van der Waals surface area contributed by atoms with E-state index in [0.717, 1.165) is 34.1 Å². The van der Waals surface area contributed by atoms with E-state index in [1.54, 1.807) is 0 Å². The number of hydrogen-bond donors (Lipinski definition) is 0. The van der Waals surface area contributed by atoms with Gasteiger partial charge in [-0.15, -0.1) is 0 Å². The van der Waals surface area contributed by atoms with Gasteiger partial charge in [0.15, 0.2) is 0 Å². The molecule has 28 heavy (non-hydrogen) atoms. The average Bonchev–Trinajstić information content (AvgIpc) is 2.67. The van der Waals surface area contributed by atoms with Crippen molar-refractivity contribution >= 4 is 84.4 Å². The maximum atomic E-state index is 9.57. The molecule has 6 heteroatoms. The van der Waals surface area contributed by atoms with Crippen molar-refractivity contribution in [2.45, 2.75) is 6.61 Å². The Balaban J connectivity index is 1.86. The van der Waals surface area contributed by atoms with Crippen molar-refractivity contribution in [3.63, 3.8) is 0 Å². The van der Waals surface area contributed by atoms with Crippen LogP contribution in [0.5, 0.6) is 5.75 Å². The third-order valence-corrected chi connectivity index (χ3v) is 6.44. The van der Waals surface area contributed by atoms with Crippen LogP contribution in [0.15, 0.2) is 65.1 Å². The summed E-state index contributed by atoms with van der Waals surface area (Å²) in [7, 11) is 0. The van der Waals surface area contributed by atoms with Crippen LogP contribution in [-0.2, 0) is 6.61 Å². The predicted octanol–water partition coefficient (Wildman–Crippen LogP) is 7.95. The van der Waals surface area contributed by atoms with Gasteiger partial charge < -0.3 is 4.74 Å². The highest BCUT2D eigenvalue weighted by atomic mass is 127. The van der Waals surface area contributed by atoms with Gasteiger partial charge >= 0.3 is 0 Å². The summed E-state index contributed by atoms with van der Waals surface area (Å²) in [4.78, 5) is 0. The SMILES string of the molecule is N#C/C(=C/c1cc(I)c(OCc2ccccc2Cl)c(I)c1)c1ccc(Br)cc1. The average molecular weight is 677 g/mol. The maximum Gasteiger partial charge on any atom is 0.146 e. The fourth-order valence-electron chi connectivity index (χ4n) is 2.54. The van der Waals surface area contributed by atoms with Gasteiger partial charge in [-0.25, -0.2) is 0 Å². The van der Waals surface area contributed by atoms with Gasteiger partial charge in [0.2, 0.25) is 0 Å². The highest BCUT2D eigenvalue weighted by molar-refractivity contribution is 14.1. The molecule has 0 atom stereocenters. The third-order valence-electron chi connectivity index (χ3n) is 3.94. The summed E-state index contributed by atoms with van der Waals surface area (Å²) in [6.07, 6.45) is 1.89. The Morgan fingerprint density at radius 3 is 2.32 bits per heavy atom. The van der Waals surface area contributed by atoms with Gasteiger partial charge in [0.25, 0.3) is 0 Å². The second-order valence-corrected chi connectivity index (χ2v) is 9.52. The van der Waals surface area contributed by atoms with E-state index in [1.165, 1.54) is 0 Å². The summed E-state index contributed by atoms with van der Waals surface area (Å²) in [6.45, 7) is 0.406. The van der Waals surface area contributed by atoms with Gasteiger partial charge in [-0.05, 0) is 92.7 Å². The minimum absolute atomic E-state index is 0.406. The number of nitrogens with zero attached hydrogens (tertiary/aromatic N) is 1. The van der Waals surface area contributed by atoms with E-state index in [9.17, 15) is 5.26 Å². The van der Waals surface area contributed by atoms with Gasteiger partial charge in [0, 0.05) is 15.1 Å². The molecule has 0 aliphatic rings. The lowest BCUT2D eigenvalue weighted by atomic mass is 10.0. The highest BCUT2D eigenvalue weighted by Crippen LogP contribution is 2.32. The monoisotopic (exact) mass is 675 g/mol. The number of benzene rings is 3. The van der Waals surface area contributed by atoms with Crippen LogP contribution in [0.4, 0.5) is 0 Å². The summed E-state index contributed by atoms with van der Waals surface area (Å²) in [5.74, 6) is 0.820. The van der Waals surface area contributed by atoms with Crippen molar-refractivity contribution in [1.29, 1.82) is 5.26 Å². The summed E-state index contributed by atoms with van der Waals surface area (Å²) in [5.41, 5.74) is 3.40. The van der Waals surface area contributed by atoms with Crippen molar-refractivity contribution in [3.8, 4) is 11.8 Å². The van der Waals surface area contributed by atoms with Crippen LogP contribution in [0.2, 0.25) is 5.02 Å². The smallest absolute Gasteiger partial charge is 0.146 e. The quantitative estimate of drug-likeness (QED) is 0.156. The Kier molecular flexibility index (Phi) is 7.80. The summed E-state index contributed by atoms with van der Waals surface area (Å²) in [6, 6.07) is 21.7. The molecule has 140 valence electrons. The van der Waals surface area contributed by atoms with Crippen molar-refractivity contribution in [1.82, 2.24) is 0 Å². The Hall–Kier alpha value is -1.08. The largest absolute Gasteiger partial charge is 0.487 e. The van der Waals surface area contributed by atoms with Crippen LogP contribution in [0, 0.1) is 18.5 Å². The Morgan fingerprint density at radius 2 is 1.71 bits per heavy atom. The molecule has 2 nitrogen and oxygen atoms in total. The lowest BCUT2D eigenvalue weighted by Crippen LogP contribution is -2.00. The second-order valence-electron chi connectivity index (χ2n) is 5.87. The first-order valence-electron chi connectivity index (χ1n) is 8.21. The first kappa shape index (κ1) is 21.6. The van der Waals surface area contributed by atoms with Crippen molar-refractivity contribution in [2.24, 2.45) is 0 Å². The summed E-state index contributed by atoms with van der Waals surface area (Å²) >= 11 is 14.2. The molecule has 0 radical (unpaired) electrons. The Morgan fingerprint density at radius 1 is 1.07 bits per heavy atom. The molecule has 0 aliphatic heterocycles. The Bertz CT molecular complexity index is 1050. The first-order chi connectivity index (χ1) is 13.5. The molecular weight excluding hydrogens is 663 g/mol. The van der Waals surface area contributed by atoms with E-state index >= 15 is 0 Å². The maximum absolute atomic E-state index is 9.57. The fourth-order valence-corrected chi connectivity index (χ4v) is 5.12. The predicted molar refractivity (Wildman–Crippen MR) is 135 cm³/mol. The molecule has 0 bridgehead atoms. The van der Waals surface area contributed by atoms with E-state index in [-0.39, 0.29) is 0 Å². The van der Waals surface area contributed by atoms with Crippen LogP contribution >= 0.6 is 72.7 Å². The zero-order valence-corrected chi connectivity index (χ0v) is 21.1. The number of ether oxygens (including phenoxy) is 1. The van der Waals surface area contributed by atoms with Crippen LogP contribution in [-0.4, -0.2) is 0 Å². The third kappa shape index (κ3) is 5.50. The molecule has 0 N–H and O–H groups in total. The molecule has 3 aromatic rings. The van der Waals surface area contributed by atoms with Crippen LogP contribution in [0.3, 0.4) is 0 Å². The molecule has 3 aromatic carbocycles. The zero-order valence-electron chi connectivity index (χ0n) is 14.4. The lowest BCUT2D eigenvalue weighted by molar-refractivity contribution is 0.302. The van der Waals surface area contributed by atoms with Gasteiger partial charge in [0.05, 0.1) is 18.8 Å².